The van der Waals surface area contributed by atoms with Crippen LogP contribution in [0.4, 0.5) is 11.4 Å². The summed E-state index contributed by atoms with van der Waals surface area (Å²) >= 11 is 1.19. The van der Waals surface area contributed by atoms with Crippen LogP contribution in [0.1, 0.15) is 23.6 Å². The molecule has 2 aromatic carbocycles. The fourth-order valence-electron chi connectivity index (χ4n) is 3.11. The van der Waals surface area contributed by atoms with Gasteiger partial charge in [-0.15, -0.1) is 0 Å². The first-order valence-electron chi connectivity index (χ1n) is 9.56. The average Bonchev–Trinajstić information content (AvgIpc) is 3.04. The highest BCUT2D eigenvalue weighted by Crippen LogP contribution is 2.39. The molecule has 31 heavy (non-hydrogen) atoms. The zero-order valence-electron chi connectivity index (χ0n) is 18.0. The highest BCUT2D eigenvalue weighted by Gasteiger charge is 2.33. The van der Waals surface area contributed by atoms with Gasteiger partial charge in [0.05, 0.1) is 41.4 Å². The number of hydrogen-bond donors (Lipinski definition) is 0. The second kappa shape index (κ2) is 9.22. The van der Waals surface area contributed by atoms with Crippen LogP contribution in [-0.2, 0) is 4.79 Å². The third-order valence-electron chi connectivity index (χ3n) is 4.80. The monoisotopic (exact) mass is 441 g/mol. The van der Waals surface area contributed by atoms with Crippen LogP contribution in [0.15, 0.2) is 40.2 Å². The van der Waals surface area contributed by atoms with E-state index in [1.165, 1.54) is 44.2 Å². The molecule has 1 aliphatic heterocycles. The van der Waals surface area contributed by atoms with Crippen molar-refractivity contribution in [3.8, 4) is 11.5 Å². The second-order valence-corrected chi connectivity index (χ2v) is 7.88. The normalized spacial score (nSPS) is 16.3. The summed E-state index contributed by atoms with van der Waals surface area (Å²) in [6, 6.07) is 8.73. The Bertz CT molecular complexity index is 1110. The van der Waals surface area contributed by atoms with E-state index in [9.17, 15) is 14.9 Å². The predicted octanol–water partition coefficient (Wildman–Crippen LogP) is 4.85. The van der Waals surface area contributed by atoms with Gasteiger partial charge in [0.25, 0.3) is 11.6 Å². The number of aliphatic imine (C=N–C) groups is 1. The molecule has 3 rings (SSSR count). The number of hydrogen-bond acceptors (Lipinski definition) is 7. The van der Waals surface area contributed by atoms with Crippen molar-refractivity contribution in [3.05, 3.63) is 62.0 Å². The molecule has 0 atom stereocenters. The van der Waals surface area contributed by atoms with Crippen molar-refractivity contribution in [2.75, 3.05) is 20.8 Å². The van der Waals surface area contributed by atoms with Crippen LogP contribution in [0.5, 0.6) is 11.5 Å². The molecule has 0 aromatic heterocycles. The smallest absolute Gasteiger partial charge is 0.280 e. The number of carbonyl (C=O) groups is 1. The van der Waals surface area contributed by atoms with Crippen molar-refractivity contribution in [1.29, 1.82) is 0 Å². The molecule has 1 amide bonds. The number of likely N-dealkylation sites (N-methyl/N-ethyl adjacent to an activating group) is 1. The van der Waals surface area contributed by atoms with Gasteiger partial charge in [-0.3, -0.25) is 19.8 Å². The third-order valence-corrected chi connectivity index (χ3v) is 5.81. The number of carbonyl (C=O) groups excluding carboxylic acids is 1. The maximum atomic E-state index is 13.0. The molecule has 0 aliphatic carbocycles. The topological polar surface area (TPSA) is 94.3 Å². The molecule has 0 bridgehead atoms. The Morgan fingerprint density at radius 3 is 2.45 bits per heavy atom. The van der Waals surface area contributed by atoms with Crippen LogP contribution < -0.4 is 9.47 Å². The largest absolute Gasteiger partial charge is 0.493 e. The van der Waals surface area contributed by atoms with E-state index in [0.717, 1.165) is 16.8 Å². The number of methoxy groups -OCH3 is 2. The summed E-state index contributed by atoms with van der Waals surface area (Å²) in [6.45, 7) is 6.23. The molecule has 0 saturated carbocycles. The summed E-state index contributed by atoms with van der Waals surface area (Å²) in [5.41, 5.74) is 2.92. The predicted molar refractivity (Wildman–Crippen MR) is 122 cm³/mol. The molecule has 0 unspecified atom stereocenters. The Morgan fingerprint density at radius 1 is 1.16 bits per heavy atom. The Kier molecular flexibility index (Phi) is 6.65. The fourth-order valence-corrected chi connectivity index (χ4v) is 4.16. The van der Waals surface area contributed by atoms with Crippen LogP contribution in [0.25, 0.3) is 6.08 Å². The Hall–Kier alpha value is -3.33. The van der Waals surface area contributed by atoms with Gasteiger partial charge in [0, 0.05) is 6.54 Å². The summed E-state index contributed by atoms with van der Waals surface area (Å²) in [4.78, 5) is 30.7. The van der Waals surface area contributed by atoms with E-state index in [-0.39, 0.29) is 22.9 Å². The molecule has 8 nitrogen and oxygen atoms in total. The molecule has 2 aromatic rings. The van der Waals surface area contributed by atoms with Crippen LogP contribution in [0.3, 0.4) is 0 Å². The van der Waals surface area contributed by atoms with E-state index >= 15 is 0 Å². The van der Waals surface area contributed by atoms with Gasteiger partial charge in [-0.1, -0.05) is 12.1 Å². The van der Waals surface area contributed by atoms with Gasteiger partial charge in [-0.05, 0) is 61.9 Å². The minimum absolute atomic E-state index is 0.179. The summed E-state index contributed by atoms with van der Waals surface area (Å²) in [5, 5.41) is 12.1. The number of amides is 1. The summed E-state index contributed by atoms with van der Waals surface area (Å²) < 4.78 is 10.4. The molecule has 0 N–H and O–H groups in total. The maximum Gasteiger partial charge on any atom is 0.280 e. The lowest BCUT2D eigenvalue weighted by molar-refractivity contribution is -0.385. The lowest BCUT2D eigenvalue weighted by Gasteiger charge is -2.12. The van der Waals surface area contributed by atoms with E-state index in [1.807, 2.05) is 39.0 Å². The van der Waals surface area contributed by atoms with Gasteiger partial charge in [-0.25, -0.2) is 4.99 Å². The molecule has 1 fully saturated rings. The lowest BCUT2D eigenvalue weighted by atomic mass is 10.1. The van der Waals surface area contributed by atoms with Crippen molar-refractivity contribution in [2.45, 2.75) is 20.8 Å². The Balaban J connectivity index is 2.08. The van der Waals surface area contributed by atoms with Gasteiger partial charge in [0.15, 0.2) is 16.7 Å². The van der Waals surface area contributed by atoms with Crippen molar-refractivity contribution < 1.29 is 19.2 Å². The number of thioether (sulfide) groups is 1. The first-order chi connectivity index (χ1) is 14.8. The van der Waals surface area contributed by atoms with Crippen molar-refractivity contribution >= 4 is 40.3 Å². The van der Waals surface area contributed by atoms with Gasteiger partial charge >= 0.3 is 0 Å². The number of nitro benzene ring substituents is 1. The number of nitrogens with zero attached hydrogens (tertiary/aromatic N) is 3. The summed E-state index contributed by atoms with van der Waals surface area (Å²) in [5.74, 6) is 0.335. The molecule has 0 spiro atoms. The zero-order chi connectivity index (χ0) is 22.7. The Labute approximate surface area is 184 Å². The second-order valence-electron chi connectivity index (χ2n) is 6.87. The average molecular weight is 442 g/mol. The molecule has 1 heterocycles. The van der Waals surface area contributed by atoms with Gasteiger partial charge in [0.1, 0.15) is 0 Å². The fraction of sp³-hybridized carbons (Fsp3) is 0.273. The van der Waals surface area contributed by atoms with E-state index in [2.05, 4.69) is 0 Å². The number of aryl methyl sites for hydroxylation is 2. The van der Waals surface area contributed by atoms with Crippen molar-refractivity contribution in [1.82, 2.24) is 4.90 Å². The SMILES string of the molecule is CCN1C(=O)/C(=C\c2cc(OC)c(OC)cc2[N+](=O)[O-])SC1=Nc1cc(C)ccc1C. The van der Waals surface area contributed by atoms with Crippen LogP contribution in [0.2, 0.25) is 0 Å². The lowest BCUT2D eigenvalue weighted by Crippen LogP contribution is -2.28. The number of benzene rings is 2. The van der Waals surface area contributed by atoms with Gasteiger partial charge in [0.2, 0.25) is 0 Å². The summed E-state index contributed by atoms with van der Waals surface area (Å²) in [6.07, 6.45) is 1.50. The molecule has 1 saturated heterocycles. The number of amidine groups is 1. The molecular formula is C22H23N3O5S. The summed E-state index contributed by atoms with van der Waals surface area (Å²) in [7, 11) is 2.86. The zero-order valence-corrected chi connectivity index (χ0v) is 18.8. The van der Waals surface area contributed by atoms with Crippen molar-refractivity contribution in [3.63, 3.8) is 0 Å². The standard InChI is InChI=1S/C22H23N3O5S/c1-6-24-21(26)20(31-22(24)23-16-9-13(2)7-8-14(16)3)11-15-10-18(29-4)19(30-5)12-17(15)25(27)28/h7-12H,6H2,1-5H3/b20-11+,23-22?. The minimum atomic E-state index is -0.513. The molecule has 0 radical (unpaired) electrons. The molecular weight excluding hydrogens is 418 g/mol. The maximum absolute atomic E-state index is 13.0. The first kappa shape index (κ1) is 22.4. The van der Waals surface area contributed by atoms with Crippen molar-refractivity contribution in [2.24, 2.45) is 4.99 Å². The first-order valence-corrected chi connectivity index (χ1v) is 10.4. The Morgan fingerprint density at radius 2 is 1.84 bits per heavy atom. The molecule has 1 aliphatic rings. The number of ether oxygens (including phenoxy) is 2. The highest BCUT2D eigenvalue weighted by molar-refractivity contribution is 8.18. The van der Waals surface area contributed by atoms with Crippen LogP contribution >= 0.6 is 11.8 Å². The van der Waals surface area contributed by atoms with Crippen LogP contribution in [-0.4, -0.2) is 41.7 Å². The van der Waals surface area contributed by atoms with Gasteiger partial charge < -0.3 is 9.47 Å². The number of nitro groups is 1. The third kappa shape index (κ3) is 4.56. The van der Waals surface area contributed by atoms with E-state index in [4.69, 9.17) is 14.5 Å². The van der Waals surface area contributed by atoms with E-state index in [1.54, 1.807) is 4.90 Å². The highest BCUT2D eigenvalue weighted by atomic mass is 32.2. The van der Waals surface area contributed by atoms with E-state index < -0.39 is 4.92 Å². The van der Waals surface area contributed by atoms with E-state index in [0.29, 0.717) is 22.4 Å². The molecule has 162 valence electrons. The van der Waals surface area contributed by atoms with Crippen LogP contribution in [0, 0.1) is 24.0 Å². The minimum Gasteiger partial charge on any atom is -0.493 e. The molecule has 9 heteroatoms. The quantitative estimate of drug-likeness (QED) is 0.361. The number of rotatable bonds is 6. The van der Waals surface area contributed by atoms with Gasteiger partial charge in [-0.2, -0.15) is 0 Å².